The fraction of sp³-hybridized carbons (Fsp3) is 0.143. The molecule has 30 heavy (non-hydrogen) atoms. The number of hydrogen-bond acceptors (Lipinski definition) is 3. The van der Waals surface area contributed by atoms with Crippen molar-refractivity contribution in [2.24, 2.45) is 0 Å². The Morgan fingerprint density at radius 2 is 1.93 bits per heavy atom. The molecule has 0 atom stereocenters. The first kappa shape index (κ1) is 21.4. The highest BCUT2D eigenvalue weighted by atomic mass is 35.5. The molecule has 0 saturated carbocycles. The fourth-order valence-corrected chi connectivity index (χ4v) is 3.02. The Kier molecular flexibility index (Phi) is 6.47. The highest BCUT2D eigenvalue weighted by Crippen LogP contribution is 2.36. The van der Waals surface area contributed by atoms with Crippen LogP contribution in [-0.4, -0.2) is 18.1 Å². The van der Waals surface area contributed by atoms with Crippen LogP contribution >= 0.6 is 11.6 Å². The third kappa shape index (κ3) is 5.21. The lowest BCUT2D eigenvalue weighted by atomic mass is 10.0. The van der Waals surface area contributed by atoms with E-state index in [0.29, 0.717) is 5.88 Å². The van der Waals surface area contributed by atoms with Crippen molar-refractivity contribution in [2.45, 2.75) is 12.7 Å². The van der Waals surface area contributed by atoms with Crippen LogP contribution in [0.5, 0.6) is 5.88 Å². The van der Waals surface area contributed by atoms with Crippen LogP contribution in [0.3, 0.4) is 0 Å². The summed E-state index contributed by atoms with van der Waals surface area (Å²) in [7, 11) is 1.53. The van der Waals surface area contributed by atoms with Gasteiger partial charge in [-0.25, -0.2) is 9.78 Å². The zero-order valence-electron chi connectivity index (χ0n) is 15.8. The molecule has 3 rings (SSSR count). The van der Waals surface area contributed by atoms with Gasteiger partial charge in [0.15, 0.2) is 0 Å². The van der Waals surface area contributed by atoms with Crippen molar-refractivity contribution in [3.8, 4) is 17.0 Å². The number of pyridine rings is 1. The molecule has 0 spiro atoms. The molecule has 0 aliphatic heterocycles. The van der Waals surface area contributed by atoms with E-state index in [0.717, 1.165) is 28.8 Å². The summed E-state index contributed by atoms with van der Waals surface area (Å²) in [6, 6.07) is 13.6. The molecule has 3 aromatic rings. The van der Waals surface area contributed by atoms with Gasteiger partial charge in [-0.3, -0.25) is 0 Å². The van der Waals surface area contributed by atoms with Crippen LogP contribution in [0.1, 0.15) is 11.1 Å². The number of amides is 2. The van der Waals surface area contributed by atoms with Crippen LogP contribution in [-0.2, 0) is 12.7 Å². The van der Waals surface area contributed by atoms with Gasteiger partial charge in [0.05, 0.1) is 17.7 Å². The first-order chi connectivity index (χ1) is 14.3. The molecule has 2 aromatic carbocycles. The standard InChI is InChI=1S/C21H17ClF3N3O2/c1-30-19-16(6-3-9-26-19)14-5-2-4-13(10-14)12-27-20(29)28-15-7-8-18(22)17(11-15)21(23,24)25/h2-11H,12H2,1H3,(H2,27,28,29). The molecule has 1 aromatic heterocycles. The van der Waals surface area contributed by atoms with Gasteiger partial charge >= 0.3 is 12.2 Å². The summed E-state index contributed by atoms with van der Waals surface area (Å²) >= 11 is 5.58. The number of halogens is 4. The molecular formula is C21H17ClF3N3O2. The summed E-state index contributed by atoms with van der Waals surface area (Å²) < 4.78 is 44.1. The molecule has 156 valence electrons. The summed E-state index contributed by atoms with van der Waals surface area (Å²) in [6.07, 6.45) is -2.99. The fourth-order valence-electron chi connectivity index (χ4n) is 2.80. The number of hydrogen-bond donors (Lipinski definition) is 2. The second-order valence-corrected chi connectivity index (χ2v) is 6.67. The minimum atomic E-state index is -4.61. The Labute approximate surface area is 175 Å². The van der Waals surface area contributed by atoms with Gasteiger partial charge < -0.3 is 15.4 Å². The maximum Gasteiger partial charge on any atom is 0.417 e. The maximum absolute atomic E-state index is 12.9. The van der Waals surface area contributed by atoms with Gasteiger partial charge in [-0.15, -0.1) is 0 Å². The second-order valence-electron chi connectivity index (χ2n) is 6.26. The van der Waals surface area contributed by atoms with E-state index in [2.05, 4.69) is 15.6 Å². The summed E-state index contributed by atoms with van der Waals surface area (Å²) in [5, 5.41) is 4.56. The molecular weight excluding hydrogens is 419 g/mol. The first-order valence-electron chi connectivity index (χ1n) is 8.78. The van der Waals surface area contributed by atoms with Gasteiger partial charge in [0.2, 0.25) is 5.88 Å². The number of benzene rings is 2. The van der Waals surface area contributed by atoms with Crippen molar-refractivity contribution in [3.05, 3.63) is 76.9 Å². The molecule has 0 radical (unpaired) electrons. The Morgan fingerprint density at radius 1 is 1.13 bits per heavy atom. The molecule has 0 bridgehead atoms. The van der Waals surface area contributed by atoms with Crippen molar-refractivity contribution >= 4 is 23.3 Å². The number of carbonyl (C=O) groups is 1. The number of urea groups is 1. The van der Waals surface area contributed by atoms with Gasteiger partial charge in [-0.1, -0.05) is 29.8 Å². The number of nitrogens with one attached hydrogen (secondary N) is 2. The van der Waals surface area contributed by atoms with Crippen LogP contribution in [0, 0.1) is 0 Å². The molecule has 0 fully saturated rings. The lowest BCUT2D eigenvalue weighted by molar-refractivity contribution is -0.137. The van der Waals surface area contributed by atoms with E-state index >= 15 is 0 Å². The van der Waals surface area contributed by atoms with Gasteiger partial charge in [-0.05, 0) is 47.5 Å². The number of methoxy groups -OCH3 is 1. The van der Waals surface area contributed by atoms with E-state index in [4.69, 9.17) is 16.3 Å². The highest BCUT2D eigenvalue weighted by Gasteiger charge is 2.33. The van der Waals surface area contributed by atoms with Gasteiger partial charge in [0.25, 0.3) is 0 Å². The average Bonchev–Trinajstić information content (AvgIpc) is 2.73. The van der Waals surface area contributed by atoms with E-state index in [-0.39, 0.29) is 12.2 Å². The summed E-state index contributed by atoms with van der Waals surface area (Å²) in [6.45, 7) is 0.169. The minimum Gasteiger partial charge on any atom is -0.481 e. The number of ether oxygens (including phenoxy) is 1. The summed E-state index contributed by atoms with van der Waals surface area (Å²) in [4.78, 5) is 16.3. The predicted octanol–water partition coefficient (Wildman–Crippen LogP) is 5.75. The van der Waals surface area contributed by atoms with Crippen LogP contribution in [0.2, 0.25) is 5.02 Å². The Balaban J connectivity index is 1.67. The minimum absolute atomic E-state index is 0.0157. The van der Waals surface area contributed by atoms with E-state index < -0.39 is 22.8 Å². The SMILES string of the molecule is COc1ncccc1-c1cccc(CNC(=O)Nc2ccc(Cl)c(C(F)(F)F)c2)c1. The van der Waals surface area contributed by atoms with Crippen molar-refractivity contribution in [2.75, 3.05) is 12.4 Å². The number of aromatic nitrogens is 1. The van der Waals surface area contributed by atoms with E-state index in [1.54, 1.807) is 12.3 Å². The van der Waals surface area contributed by atoms with E-state index in [9.17, 15) is 18.0 Å². The number of rotatable bonds is 5. The molecule has 2 amide bonds. The molecule has 5 nitrogen and oxygen atoms in total. The zero-order chi connectivity index (χ0) is 21.7. The molecule has 9 heteroatoms. The van der Waals surface area contributed by atoms with Crippen LogP contribution < -0.4 is 15.4 Å². The summed E-state index contributed by atoms with van der Waals surface area (Å²) in [5.74, 6) is 0.476. The monoisotopic (exact) mass is 435 g/mol. The summed E-state index contributed by atoms with van der Waals surface area (Å²) in [5.41, 5.74) is 1.41. The smallest absolute Gasteiger partial charge is 0.417 e. The number of carbonyl (C=O) groups excluding carboxylic acids is 1. The largest absolute Gasteiger partial charge is 0.481 e. The molecule has 0 aliphatic carbocycles. The normalized spacial score (nSPS) is 11.1. The highest BCUT2D eigenvalue weighted by molar-refractivity contribution is 6.31. The van der Waals surface area contributed by atoms with Gasteiger partial charge in [0, 0.05) is 24.0 Å². The van der Waals surface area contributed by atoms with Gasteiger partial charge in [0.1, 0.15) is 0 Å². The third-order valence-electron chi connectivity index (χ3n) is 4.19. The van der Waals surface area contributed by atoms with Crippen molar-refractivity contribution in [1.82, 2.24) is 10.3 Å². The quantitative estimate of drug-likeness (QED) is 0.536. The lowest BCUT2D eigenvalue weighted by Crippen LogP contribution is -2.28. The average molecular weight is 436 g/mol. The lowest BCUT2D eigenvalue weighted by Gasteiger charge is -2.13. The van der Waals surface area contributed by atoms with Crippen molar-refractivity contribution < 1.29 is 22.7 Å². The van der Waals surface area contributed by atoms with Crippen LogP contribution in [0.25, 0.3) is 11.1 Å². The topological polar surface area (TPSA) is 63.2 Å². The van der Waals surface area contributed by atoms with Gasteiger partial charge in [-0.2, -0.15) is 13.2 Å². The number of alkyl halides is 3. The number of nitrogens with zero attached hydrogens (tertiary/aromatic N) is 1. The van der Waals surface area contributed by atoms with Crippen LogP contribution in [0.15, 0.2) is 60.8 Å². The van der Waals surface area contributed by atoms with Crippen molar-refractivity contribution in [3.63, 3.8) is 0 Å². The predicted molar refractivity (Wildman–Crippen MR) is 109 cm³/mol. The maximum atomic E-state index is 12.9. The Bertz CT molecular complexity index is 1060. The van der Waals surface area contributed by atoms with E-state index in [1.807, 2.05) is 30.3 Å². The van der Waals surface area contributed by atoms with E-state index in [1.165, 1.54) is 13.2 Å². The molecule has 0 saturated heterocycles. The molecule has 1 heterocycles. The molecule has 0 unspecified atom stereocenters. The Morgan fingerprint density at radius 3 is 2.67 bits per heavy atom. The third-order valence-corrected chi connectivity index (χ3v) is 4.51. The number of anilines is 1. The molecule has 2 N–H and O–H groups in total. The van der Waals surface area contributed by atoms with Crippen molar-refractivity contribution in [1.29, 1.82) is 0 Å². The zero-order valence-corrected chi connectivity index (χ0v) is 16.5. The Hall–Kier alpha value is -3.26. The van der Waals surface area contributed by atoms with Crippen LogP contribution in [0.4, 0.5) is 23.7 Å². The first-order valence-corrected chi connectivity index (χ1v) is 9.15. The second kappa shape index (κ2) is 9.04. The molecule has 0 aliphatic rings.